The van der Waals surface area contributed by atoms with E-state index in [4.69, 9.17) is 9.22 Å². The van der Waals surface area contributed by atoms with Gasteiger partial charge in [-0.25, -0.2) is 4.79 Å². The molecule has 1 unspecified atom stereocenters. The van der Waals surface area contributed by atoms with Gasteiger partial charge in [0.05, 0.1) is 11.6 Å². The number of aromatic carboxylic acids is 1. The molecule has 0 aromatic heterocycles. The lowest BCUT2D eigenvalue weighted by Crippen LogP contribution is -2.30. The fourth-order valence-electron chi connectivity index (χ4n) is 1.09. The lowest BCUT2D eigenvalue weighted by Gasteiger charge is -2.08. The minimum absolute atomic E-state index is 0.0722. The van der Waals surface area contributed by atoms with Crippen molar-refractivity contribution >= 4 is 11.8 Å². The molecule has 0 aliphatic rings. The molecule has 2 N–H and O–H groups in total. The highest BCUT2D eigenvalue weighted by molar-refractivity contribution is 6.00. The summed E-state index contributed by atoms with van der Waals surface area (Å²) in [4.78, 5) is 22.5. The molecular weight excluding hydrogens is 194 g/mol. The normalized spacial score (nSPS) is 15.9. The molecule has 0 saturated carbocycles. The Morgan fingerprint density at radius 2 is 1.87 bits per heavy atom. The highest BCUT2D eigenvalue weighted by Gasteiger charge is 2.13. The van der Waals surface area contributed by atoms with Crippen LogP contribution >= 0.6 is 0 Å². The SMILES string of the molecule is [2H]C([2H])([2H])NC(C)C(=O)c1ccc(C(=O)O)cc1. The lowest BCUT2D eigenvalue weighted by atomic mass is 10.0. The van der Waals surface area contributed by atoms with Crippen LogP contribution in [0.4, 0.5) is 0 Å². The van der Waals surface area contributed by atoms with Gasteiger partial charge >= 0.3 is 5.97 Å². The van der Waals surface area contributed by atoms with Crippen molar-refractivity contribution < 1.29 is 18.8 Å². The summed E-state index contributed by atoms with van der Waals surface area (Å²) in [7, 11) is 0. The van der Waals surface area contributed by atoms with Gasteiger partial charge in [-0.3, -0.25) is 4.79 Å². The first-order chi connectivity index (χ1) is 8.20. The molecule has 0 bridgehead atoms. The zero-order valence-electron chi connectivity index (χ0n) is 11.2. The van der Waals surface area contributed by atoms with E-state index in [1.165, 1.54) is 31.2 Å². The maximum absolute atomic E-state index is 11.8. The van der Waals surface area contributed by atoms with Crippen molar-refractivity contribution in [1.29, 1.82) is 0 Å². The van der Waals surface area contributed by atoms with Crippen molar-refractivity contribution in [1.82, 2.24) is 5.32 Å². The maximum Gasteiger partial charge on any atom is 0.335 e. The first-order valence-corrected chi connectivity index (χ1v) is 4.36. The monoisotopic (exact) mass is 210 g/mol. The van der Waals surface area contributed by atoms with Gasteiger partial charge in [-0.1, -0.05) is 12.1 Å². The molecule has 0 aliphatic heterocycles. The number of likely N-dealkylation sites (N-methyl/N-ethyl adjacent to an activating group) is 1. The Morgan fingerprint density at radius 1 is 1.33 bits per heavy atom. The molecule has 1 aromatic carbocycles. The fraction of sp³-hybridized carbons (Fsp3) is 0.273. The van der Waals surface area contributed by atoms with Gasteiger partial charge in [0.25, 0.3) is 0 Å². The number of ketones is 1. The zero-order valence-corrected chi connectivity index (χ0v) is 8.15. The number of hydrogen-bond donors (Lipinski definition) is 2. The molecule has 0 fully saturated rings. The number of benzene rings is 1. The summed E-state index contributed by atoms with van der Waals surface area (Å²) in [5.74, 6) is -1.48. The van der Waals surface area contributed by atoms with E-state index in [1.807, 2.05) is 0 Å². The van der Waals surface area contributed by atoms with E-state index in [1.54, 1.807) is 0 Å². The zero-order chi connectivity index (χ0) is 13.9. The number of carboxylic acids is 1. The van der Waals surface area contributed by atoms with Crippen LogP contribution < -0.4 is 5.32 Å². The molecule has 0 spiro atoms. The highest BCUT2D eigenvalue weighted by atomic mass is 16.4. The second-order valence-corrected chi connectivity index (χ2v) is 3.11. The Kier molecular flexibility index (Phi) is 2.38. The number of carbonyl (C=O) groups excluding carboxylic acids is 1. The quantitative estimate of drug-likeness (QED) is 0.732. The van der Waals surface area contributed by atoms with Crippen molar-refractivity contribution in [2.45, 2.75) is 13.0 Å². The second kappa shape index (κ2) is 4.70. The summed E-state index contributed by atoms with van der Waals surface area (Å²) in [6.45, 7) is -0.949. The van der Waals surface area contributed by atoms with Crippen LogP contribution in [-0.4, -0.2) is 29.9 Å². The fourth-order valence-corrected chi connectivity index (χ4v) is 1.09. The second-order valence-electron chi connectivity index (χ2n) is 3.11. The number of carbonyl (C=O) groups is 2. The summed E-state index contributed by atoms with van der Waals surface area (Å²) < 4.78 is 21.0. The van der Waals surface area contributed by atoms with Gasteiger partial charge in [0.1, 0.15) is 0 Å². The Hall–Kier alpha value is -1.68. The smallest absolute Gasteiger partial charge is 0.335 e. The van der Waals surface area contributed by atoms with Crippen molar-refractivity contribution in [3.8, 4) is 0 Å². The molecule has 0 heterocycles. The molecule has 0 saturated heterocycles. The molecule has 80 valence electrons. The Bertz CT molecular complexity index is 454. The molecule has 0 amide bonds. The van der Waals surface area contributed by atoms with Gasteiger partial charge in [-0.15, -0.1) is 0 Å². The summed E-state index contributed by atoms with van der Waals surface area (Å²) in [6, 6.07) is 4.47. The van der Waals surface area contributed by atoms with Crippen LogP contribution in [0.15, 0.2) is 24.3 Å². The lowest BCUT2D eigenvalue weighted by molar-refractivity contribution is 0.0696. The number of carboxylic acid groups (broad SMARTS) is 1. The van der Waals surface area contributed by atoms with Crippen LogP contribution in [0.25, 0.3) is 0 Å². The van der Waals surface area contributed by atoms with E-state index in [0.717, 1.165) is 0 Å². The number of nitrogens with one attached hydrogen (secondary N) is 1. The van der Waals surface area contributed by atoms with Crippen LogP contribution in [0.2, 0.25) is 0 Å². The largest absolute Gasteiger partial charge is 0.478 e. The summed E-state index contributed by atoms with van der Waals surface area (Å²) >= 11 is 0. The van der Waals surface area contributed by atoms with Crippen LogP contribution in [0, 0.1) is 0 Å². The van der Waals surface area contributed by atoms with E-state index in [-0.39, 0.29) is 11.1 Å². The van der Waals surface area contributed by atoms with E-state index in [9.17, 15) is 9.59 Å². The summed E-state index contributed by atoms with van der Waals surface area (Å²) in [6.07, 6.45) is 0. The van der Waals surface area contributed by atoms with Gasteiger partial charge in [0.15, 0.2) is 5.78 Å². The Labute approximate surface area is 92.1 Å². The number of hydrogen-bond acceptors (Lipinski definition) is 3. The maximum atomic E-state index is 11.8. The molecule has 1 rings (SSSR count). The van der Waals surface area contributed by atoms with Crippen molar-refractivity contribution in [3.05, 3.63) is 35.4 Å². The number of rotatable bonds is 4. The molecule has 0 aliphatic carbocycles. The highest BCUT2D eigenvalue weighted by Crippen LogP contribution is 2.07. The van der Waals surface area contributed by atoms with E-state index >= 15 is 0 Å². The predicted octanol–water partition coefficient (Wildman–Crippen LogP) is 1.18. The van der Waals surface area contributed by atoms with Crippen molar-refractivity contribution in [2.75, 3.05) is 6.98 Å². The minimum Gasteiger partial charge on any atom is -0.478 e. The van der Waals surface area contributed by atoms with Crippen LogP contribution in [0.5, 0.6) is 0 Å². The molecule has 4 nitrogen and oxygen atoms in total. The molecule has 1 atom stereocenters. The third-order valence-electron chi connectivity index (χ3n) is 2.03. The van der Waals surface area contributed by atoms with Gasteiger partial charge in [0.2, 0.25) is 0 Å². The average molecular weight is 210 g/mol. The van der Waals surface area contributed by atoms with E-state index in [2.05, 4.69) is 5.32 Å². The van der Waals surface area contributed by atoms with Gasteiger partial charge in [-0.2, -0.15) is 0 Å². The van der Waals surface area contributed by atoms with Crippen LogP contribution in [0.1, 0.15) is 31.8 Å². The third kappa shape index (κ3) is 2.63. The standard InChI is InChI=1S/C11H13NO3/c1-7(12-2)10(13)8-3-5-9(6-4-8)11(14)15/h3-7,12H,1-2H3,(H,14,15)/i2D3. The van der Waals surface area contributed by atoms with Crippen LogP contribution in [0.3, 0.4) is 0 Å². The number of Topliss-reactive ketones (excluding diaryl/α,β-unsaturated/α-hetero) is 1. The van der Waals surface area contributed by atoms with Gasteiger partial charge in [0, 0.05) is 9.68 Å². The Balaban J connectivity index is 2.81. The minimum atomic E-state index is -2.39. The van der Waals surface area contributed by atoms with Gasteiger partial charge in [-0.05, 0) is 26.0 Å². The molecule has 0 radical (unpaired) electrons. The topological polar surface area (TPSA) is 66.4 Å². The van der Waals surface area contributed by atoms with E-state index in [0.29, 0.717) is 0 Å². The van der Waals surface area contributed by atoms with Crippen molar-refractivity contribution in [3.63, 3.8) is 0 Å². The van der Waals surface area contributed by atoms with Gasteiger partial charge < -0.3 is 10.4 Å². The summed E-state index contributed by atoms with van der Waals surface area (Å²) in [5, 5.41) is 10.9. The van der Waals surface area contributed by atoms with Crippen LogP contribution in [-0.2, 0) is 0 Å². The third-order valence-corrected chi connectivity index (χ3v) is 2.03. The van der Waals surface area contributed by atoms with Crippen molar-refractivity contribution in [2.24, 2.45) is 0 Å². The first-order valence-electron chi connectivity index (χ1n) is 5.86. The summed E-state index contributed by atoms with van der Waals surface area (Å²) in [5.41, 5.74) is 0.340. The predicted molar refractivity (Wildman–Crippen MR) is 56.3 cm³/mol. The molecule has 4 heteroatoms. The molecule has 1 aromatic rings. The average Bonchev–Trinajstić information content (AvgIpc) is 2.26. The molecule has 15 heavy (non-hydrogen) atoms. The Morgan fingerprint density at radius 3 is 2.33 bits per heavy atom. The van der Waals surface area contributed by atoms with E-state index < -0.39 is 24.8 Å². The first kappa shape index (κ1) is 7.59. The molecular formula is C11H13NO3.